The molecule has 0 heterocycles. The summed E-state index contributed by atoms with van der Waals surface area (Å²) < 4.78 is 0. The molecule has 2 N–H and O–H groups in total. The Bertz CT molecular complexity index is 532. The van der Waals surface area contributed by atoms with Crippen LogP contribution in [0.1, 0.15) is 11.1 Å². The van der Waals surface area contributed by atoms with Crippen molar-refractivity contribution in [3.8, 4) is 11.1 Å². The minimum Gasteiger partial charge on any atom is -0.398 e. The smallest absolute Gasteiger partial charge is 0.0641 e. The van der Waals surface area contributed by atoms with Gasteiger partial charge in [0.2, 0.25) is 0 Å². The number of aryl methyl sites for hydroxylation is 2. The molecule has 0 aliphatic carbocycles. The molecule has 0 amide bonds. The summed E-state index contributed by atoms with van der Waals surface area (Å²) in [7, 11) is 0. The van der Waals surface area contributed by atoms with Crippen molar-refractivity contribution in [1.82, 2.24) is 0 Å². The van der Waals surface area contributed by atoms with Gasteiger partial charge in [0.1, 0.15) is 0 Å². The molecule has 0 aliphatic heterocycles. The Morgan fingerprint density at radius 1 is 1.00 bits per heavy atom. The predicted molar refractivity (Wildman–Crippen MR) is 70.8 cm³/mol. The van der Waals surface area contributed by atoms with Gasteiger partial charge in [-0.25, -0.2) is 0 Å². The highest BCUT2D eigenvalue weighted by Gasteiger charge is 2.04. The molecule has 1 nitrogen and oxygen atoms in total. The van der Waals surface area contributed by atoms with Crippen molar-refractivity contribution in [3.63, 3.8) is 0 Å². The molecule has 0 atom stereocenters. The summed E-state index contributed by atoms with van der Waals surface area (Å²) >= 11 is 6.02. The third kappa shape index (κ3) is 2.05. The molecule has 82 valence electrons. The Hall–Kier alpha value is -1.47. The second kappa shape index (κ2) is 4.18. The Morgan fingerprint density at radius 3 is 2.38 bits per heavy atom. The first-order chi connectivity index (χ1) is 7.58. The highest BCUT2D eigenvalue weighted by Crippen LogP contribution is 2.29. The van der Waals surface area contributed by atoms with Crippen molar-refractivity contribution >= 4 is 17.3 Å². The number of nitrogen functional groups attached to an aromatic ring is 1. The fourth-order valence-corrected chi connectivity index (χ4v) is 2.01. The Morgan fingerprint density at radius 2 is 1.75 bits per heavy atom. The van der Waals surface area contributed by atoms with Crippen LogP contribution in [0.5, 0.6) is 0 Å². The van der Waals surface area contributed by atoms with Gasteiger partial charge in [-0.1, -0.05) is 41.4 Å². The number of benzene rings is 2. The maximum atomic E-state index is 6.02. The molecule has 0 fully saturated rings. The third-order valence-corrected chi connectivity index (χ3v) is 3.02. The fraction of sp³-hybridized carbons (Fsp3) is 0.143. The molecule has 0 aromatic heterocycles. The largest absolute Gasteiger partial charge is 0.398 e. The van der Waals surface area contributed by atoms with Gasteiger partial charge in [-0.15, -0.1) is 0 Å². The molecule has 2 aromatic carbocycles. The van der Waals surface area contributed by atoms with E-state index in [1.54, 1.807) is 0 Å². The molecule has 0 saturated heterocycles. The molecular weight excluding hydrogens is 218 g/mol. The average molecular weight is 232 g/mol. The van der Waals surface area contributed by atoms with Gasteiger partial charge in [0.25, 0.3) is 0 Å². The molecule has 0 unspecified atom stereocenters. The van der Waals surface area contributed by atoms with Crippen molar-refractivity contribution in [2.24, 2.45) is 0 Å². The van der Waals surface area contributed by atoms with Crippen LogP contribution < -0.4 is 5.73 Å². The summed E-state index contributed by atoms with van der Waals surface area (Å²) in [4.78, 5) is 0. The molecule has 16 heavy (non-hydrogen) atoms. The van der Waals surface area contributed by atoms with E-state index in [4.69, 9.17) is 17.3 Å². The molecular formula is C14H14ClN. The maximum Gasteiger partial charge on any atom is 0.0641 e. The van der Waals surface area contributed by atoms with E-state index < -0.39 is 0 Å². The number of halogens is 1. The maximum absolute atomic E-state index is 6.02. The Kier molecular flexibility index (Phi) is 2.88. The molecule has 2 aromatic rings. The van der Waals surface area contributed by atoms with Crippen LogP contribution >= 0.6 is 11.6 Å². The molecule has 2 heteroatoms. The van der Waals surface area contributed by atoms with Gasteiger partial charge in [-0.2, -0.15) is 0 Å². The lowest BCUT2D eigenvalue weighted by atomic mass is 9.99. The van der Waals surface area contributed by atoms with E-state index in [-0.39, 0.29) is 0 Å². The number of hydrogen-bond acceptors (Lipinski definition) is 1. The van der Waals surface area contributed by atoms with E-state index in [9.17, 15) is 0 Å². The van der Waals surface area contributed by atoms with Crippen LogP contribution in [0.15, 0.2) is 36.4 Å². The summed E-state index contributed by atoms with van der Waals surface area (Å²) in [6, 6.07) is 12.1. The van der Waals surface area contributed by atoms with Crippen LogP contribution in [0.3, 0.4) is 0 Å². The van der Waals surface area contributed by atoms with E-state index in [2.05, 4.69) is 32.0 Å². The summed E-state index contributed by atoms with van der Waals surface area (Å²) in [6.07, 6.45) is 0. The quantitative estimate of drug-likeness (QED) is 0.732. The standard InChI is InChI=1S/C14H14ClN/c1-9-3-5-12(10(2)7-9)11-4-6-14(16)13(15)8-11/h3-8H,16H2,1-2H3. The molecule has 0 spiro atoms. The van der Waals surface area contributed by atoms with E-state index in [1.807, 2.05) is 18.2 Å². The fourth-order valence-electron chi connectivity index (χ4n) is 1.83. The average Bonchev–Trinajstić information content (AvgIpc) is 2.22. The van der Waals surface area contributed by atoms with Crippen molar-refractivity contribution in [3.05, 3.63) is 52.5 Å². The Balaban J connectivity index is 2.54. The first-order valence-corrected chi connectivity index (χ1v) is 5.58. The molecule has 0 bridgehead atoms. The highest BCUT2D eigenvalue weighted by molar-refractivity contribution is 6.33. The zero-order valence-electron chi connectivity index (χ0n) is 9.42. The Labute approximate surface area is 101 Å². The number of rotatable bonds is 1. The summed E-state index contributed by atoms with van der Waals surface area (Å²) in [5, 5.41) is 0.609. The van der Waals surface area contributed by atoms with Gasteiger partial charge < -0.3 is 5.73 Å². The van der Waals surface area contributed by atoms with Gasteiger partial charge >= 0.3 is 0 Å². The number of anilines is 1. The van der Waals surface area contributed by atoms with Gasteiger partial charge in [-0.05, 0) is 42.7 Å². The van der Waals surface area contributed by atoms with Crippen molar-refractivity contribution < 1.29 is 0 Å². The van der Waals surface area contributed by atoms with Gasteiger partial charge in [0, 0.05) is 0 Å². The lowest BCUT2D eigenvalue weighted by Crippen LogP contribution is -1.88. The van der Waals surface area contributed by atoms with Gasteiger partial charge in [0.05, 0.1) is 10.7 Å². The van der Waals surface area contributed by atoms with E-state index in [0.29, 0.717) is 10.7 Å². The minimum atomic E-state index is 0.609. The lowest BCUT2D eigenvalue weighted by Gasteiger charge is -2.08. The van der Waals surface area contributed by atoms with Crippen LogP contribution in [0, 0.1) is 13.8 Å². The first kappa shape index (κ1) is 11.0. The molecule has 2 rings (SSSR count). The SMILES string of the molecule is Cc1ccc(-c2ccc(N)c(Cl)c2)c(C)c1. The monoisotopic (exact) mass is 231 g/mol. The van der Waals surface area contributed by atoms with Crippen molar-refractivity contribution in [1.29, 1.82) is 0 Å². The lowest BCUT2D eigenvalue weighted by molar-refractivity contribution is 1.38. The molecule has 0 radical (unpaired) electrons. The molecule has 0 saturated carbocycles. The van der Waals surface area contributed by atoms with Crippen LogP contribution in [-0.2, 0) is 0 Å². The zero-order chi connectivity index (χ0) is 11.7. The normalized spacial score (nSPS) is 10.4. The third-order valence-electron chi connectivity index (χ3n) is 2.69. The van der Waals surface area contributed by atoms with E-state index >= 15 is 0 Å². The topological polar surface area (TPSA) is 26.0 Å². The zero-order valence-corrected chi connectivity index (χ0v) is 10.2. The van der Waals surface area contributed by atoms with Crippen molar-refractivity contribution in [2.75, 3.05) is 5.73 Å². The second-order valence-electron chi connectivity index (χ2n) is 4.05. The van der Waals surface area contributed by atoms with Gasteiger partial charge in [-0.3, -0.25) is 0 Å². The summed E-state index contributed by atoms with van der Waals surface area (Å²) in [6.45, 7) is 4.19. The molecule has 0 aliphatic rings. The highest BCUT2D eigenvalue weighted by atomic mass is 35.5. The minimum absolute atomic E-state index is 0.609. The second-order valence-corrected chi connectivity index (χ2v) is 4.46. The van der Waals surface area contributed by atoms with Crippen LogP contribution in [0.4, 0.5) is 5.69 Å². The van der Waals surface area contributed by atoms with E-state index in [1.165, 1.54) is 16.7 Å². The van der Waals surface area contributed by atoms with Crippen LogP contribution in [0.25, 0.3) is 11.1 Å². The predicted octanol–water partition coefficient (Wildman–Crippen LogP) is 4.21. The van der Waals surface area contributed by atoms with Crippen LogP contribution in [-0.4, -0.2) is 0 Å². The summed E-state index contributed by atoms with van der Waals surface area (Å²) in [5.74, 6) is 0. The summed E-state index contributed by atoms with van der Waals surface area (Å²) in [5.41, 5.74) is 11.1. The number of hydrogen-bond donors (Lipinski definition) is 1. The van der Waals surface area contributed by atoms with Gasteiger partial charge in [0.15, 0.2) is 0 Å². The number of nitrogens with two attached hydrogens (primary N) is 1. The van der Waals surface area contributed by atoms with E-state index in [0.717, 1.165) is 5.56 Å². The first-order valence-electron chi connectivity index (χ1n) is 5.20. The van der Waals surface area contributed by atoms with Crippen molar-refractivity contribution in [2.45, 2.75) is 13.8 Å². The van der Waals surface area contributed by atoms with Crippen LogP contribution in [0.2, 0.25) is 5.02 Å².